The summed E-state index contributed by atoms with van der Waals surface area (Å²) in [4.78, 5) is 17.3. The summed E-state index contributed by atoms with van der Waals surface area (Å²) in [7, 11) is 0. The number of thiophene rings is 1. The van der Waals surface area contributed by atoms with Crippen LogP contribution in [0.5, 0.6) is 0 Å². The fourth-order valence-electron chi connectivity index (χ4n) is 4.85. The molecule has 3 nitrogen and oxygen atoms in total. The number of carbonyl (C=O) groups is 1. The first-order valence-corrected chi connectivity index (χ1v) is 11.6. The molecule has 1 N–H and O–H groups in total. The molecule has 152 valence electrons. The Morgan fingerprint density at radius 2 is 1.80 bits per heavy atom. The van der Waals surface area contributed by atoms with Gasteiger partial charge in [0.25, 0.3) is 0 Å². The van der Waals surface area contributed by atoms with E-state index in [1.165, 1.54) is 16.1 Å². The summed E-state index contributed by atoms with van der Waals surface area (Å²) in [5.74, 6) is 0.490. The molecule has 5 rings (SSSR count). The first kappa shape index (κ1) is 19.1. The molecule has 0 fully saturated rings. The van der Waals surface area contributed by atoms with Gasteiger partial charge in [-0.05, 0) is 47.9 Å². The molecule has 0 saturated carbocycles. The van der Waals surface area contributed by atoms with Crippen LogP contribution in [0, 0.1) is 0 Å². The first-order chi connectivity index (χ1) is 14.8. The van der Waals surface area contributed by atoms with Gasteiger partial charge < -0.3 is 10.2 Å². The number of carbonyl (C=O) groups excluding carboxylic acids is 1. The minimum atomic E-state index is -0.0275. The number of nitrogens with zero attached hydrogens (tertiary/aromatic N) is 1. The maximum absolute atomic E-state index is 13.7. The summed E-state index contributed by atoms with van der Waals surface area (Å²) in [5.41, 5.74) is 5.56. The van der Waals surface area contributed by atoms with Crippen LogP contribution in [-0.4, -0.2) is 12.3 Å². The van der Waals surface area contributed by atoms with Gasteiger partial charge in [0.1, 0.15) is 0 Å². The van der Waals surface area contributed by atoms with Crippen LogP contribution in [0.3, 0.4) is 0 Å². The molecule has 0 saturated heterocycles. The second-order valence-electron chi connectivity index (χ2n) is 8.08. The highest BCUT2D eigenvalue weighted by Crippen LogP contribution is 2.47. The van der Waals surface area contributed by atoms with Crippen molar-refractivity contribution in [3.05, 3.63) is 93.8 Å². The minimum Gasteiger partial charge on any atom is -0.358 e. The van der Waals surface area contributed by atoms with Crippen LogP contribution in [0.2, 0.25) is 0 Å². The average Bonchev–Trinajstić information content (AvgIpc) is 3.26. The van der Waals surface area contributed by atoms with Crippen molar-refractivity contribution >= 4 is 28.5 Å². The maximum Gasteiger partial charge on any atom is 0.163 e. The highest BCUT2D eigenvalue weighted by atomic mass is 32.1. The van der Waals surface area contributed by atoms with Crippen molar-refractivity contribution in [3.63, 3.8) is 0 Å². The Morgan fingerprint density at radius 1 is 1.00 bits per heavy atom. The van der Waals surface area contributed by atoms with E-state index in [0.717, 1.165) is 36.3 Å². The quantitative estimate of drug-likeness (QED) is 0.527. The molecule has 0 bridgehead atoms. The molecule has 2 heterocycles. The Balaban J connectivity index is 1.66. The number of benzene rings is 2. The fraction of sp³-hybridized carbons (Fsp3) is 0.269. The van der Waals surface area contributed by atoms with Crippen LogP contribution >= 0.6 is 11.3 Å². The average molecular weight is 415 g/mol. The molecule has 1 aliphatic carbocycles. The normalized spacial score (nSPS) is 21.0. The number of para-hydroxylation sites is 2. The zero-order valence-electron chi connectivity index (χ0n) is 17.2. The molecule has 4 heteroatoms. The smallest absolute Gasteiger partial charge is 0.163 e. The highest BCUT2D eigenvalue weighted by molar-refractivity contribution is 7.10. The van der Waals surface area contributed by atoms with Gasteiger partial charge in [0.05, 0.1) is 17.4 Å². The van der Waals surface area contributed by atoms with Gasteiger partial charge in [0.15, 0.2) is 5.78 Å². The molecular weight excluding hydrogens is 388 g/mol. The fourth-order valence-corrected chi connectivity index (χ4v) is 5.69. The number of nitrogens with one attached hydrogen (secondary N) is 1. The molecule has 0 unspecified atom stereocenters. The molecule has 0 spiro atoms. The highest BCUT2D eigenvalue weighted by Gasteiger charge is 2.39. The predicted octanol–water partition coefficient (Wildman–Crippen LogP) is 6.53. The van der Waals surface area contributed by atoms with Crippen molar-refractivity contribution in [2.45, 2.75) is 38.1 Å². The lowest BCUT2D eigenvalue weighted by Crippen LogP contribution is -2.34. The number of Topliss-reactive ketones (excluding diaryl/α,β-unsaturated/α-hetero) is 1. The van der Waals surface area contributed by atoms with Gasteiger partial charge in [-0.1, -0.05) is 55.5 Å². The van der Waals surface area contributed by atoms with Crippen LogP contribution in [0.15, 0.2) is 83.4 Å². The topological polar surface area (TPSA) is 32.3 Å². The van der Waals surface area contributed by atoms with Crippen molar-refractivity contribution in [1.82, 2.24) is 0 Å². The molecule has 0 radical (unpaired) electrons. The van der Waals surface area contributed by atoms with Crippen LogP contribution in [0.1, 0.15) is 48.6 Å². The van der Waals surface area contributed by atoms with E-state index in [1.807, 2.05) is 6.07 Å². The van der Waals surface area contributed by atoms with E-state index in [1.54, 1.807) is 11.3 Å². The lowest BCUT2D eigenvalue weighted by molar-refractivity contribution is -0.116. The van der Waals surface area contributed by atoms with Gasteiger partial charge in [0.2, 0.25) is 0 Å². The number of hydrogen-bond donors (Lipinski definition) is 1. The van der Waals surface area contributed by atoms with Crippen LogP contribution in [0.25, 0.3) is 0 Å². The van der Waals surface area contributed by atoms with Gasteiger partial charge >= 0.3 is 0 Å². The second-order valence-corrected chi connectivity index (χ2v) is 9.06. The van der Waals surface area contributed by atoms with E-state index in [0.29, 0.717) is 6.42 Å². The van der Waals surface area contributed by atoms with E-state index < -0.39 is 0 Å². The molecule has 3 aromatic rings. The Hall–Kier alpha value is -2.85. The Bertz CT molecular complexity index is 1070. The lowest BCUT2D eigenvalue weighted by Gasteiger charge is -2.35. The van der Waals surface area contributed by atoms with Crippen molar-refractivity contribution in [2.75, 3.05) is 16.8 Å². The Morgan fingerprint density at radius 3 is 2.57 bits per heavy atom. The molecule has 30 heavy (non-hydrogen) atoms. The van der Waals surface area contributed by atoms with Crippen molar-refractivity contribution in [1.29, 1.82) is 0 Å². The third kappa shape index (κ3) is 3.35. The van der Waals surface area contributed by atoms with Gasteiger partial charge in [-0.3, -0.25) is 4.79 Å². The number of fused-ring (bicyclic) bond motifs is 1. The zero-order valence-corrected chi connectivity index (χ0v) is 18.0. The third-order valence-electron chi connectivity index (χ3n) is 6.14. The van der Waals surface area contributed by atoms with Crippen LogP contribution in [-0.2, 0) is 4.79 Å². The molecule has 0 amide bonds. The summed E-state index contributed by atoms with van der Waals surface area (Å²) in [6, 6.07) is 23.2. The summed E-state index contributed by atoms with van der Waals surface area (Å²) >= 11 is 1.74. The van der Waals surface area contributed by atoms with Crippen LogP contribution < -0.4 is 10.2 Å². The first-order valence-electron chi connectivity index (χ1n) is 10.7. The van der Waals surface area contributed by atoms with Crippen LogP contribution in [0.4, 0.5) is 11.4 Å². The summed E-state index contributed by atoms with van der Waals surface area (Å²) in [6.45, 7) is 3.11. The van der Waals surface area contributed by atoms with E-state index >= 15 is 0 Å². The zero-order chi connectivity index (χ0) is 20.5. The van der Waals surface area contributed by atoms with Crippen molar-refractivity contribution < 1.29 is 4.79 Å². The number of ketones is 1. The molecule has 2 aromatic carbocycles. The Labute approximate surface area is 182 Å². The van der Waals surface area contributed by atoms with E-state index in [2.05, 4.69) is 83.2 Å². The van der Waals surface area contributed by atoms with E-state index in [4.69, 9.17) is 0 Å². The van der Waals surface area contributed by atoms with Gasteiger partial charge in [-0.25, -0.2) is 0 Å². The summed E-state index contributed by atoms with van der Waals surface area (Å²) in [5, 5.41) is 5.81. The van der Waals surface area contributed by atoms with Gasteiger partial charge in [0, 0.05) is 29.1 Å². The standard InChI is InChI=1S/C26H26N2OS/c1-2-14-28-22-12-7-6-11-20(22)27-21-16-19(18-9-4-3-5-10-18)17-23(29)25(21)26(28)24-13-8-15-30-24/h3-13,15,19,26-27H,2,14,16-17H2,1H3/t19-,26+/m0/s1. The monoisotopic (exact) mass is 414 g/mol. The largest absolute Gasteiger partial charge is 0.358 e. The second kappa shape index (κ2) is 8.11. The van der Waals surface area contributed by atoms with Crippen molar-refractivity contribution in [2.24, 2.45) is 0 Å². The minimum absolute atomic E-state index is 0.0275. The lowest BCUT2D eigenvalue weighted by atomic mass is 9.79. The maximum atomic E-state index is 13.7. The number of anilines is 2. The molecule has 1 aromatic heterocycles. The number of hydrogen-bond acceptors (Lipinski definition) is 4. The number of allylic oxidation sites excluding steroid dienone is 1. The molecule has 1 aliphatic heterocycles. The molecular formula is C26H26N2OS. The number of rotatable bonds is 4. The predicted molar refractivity (Wildman–Crippen MR) is 125 cm³/mol. The molecule has 2 aliphatic rings. The third-order valence-corrected chi connectivity index (χ3v) is 7.06. The van der Waals surface area contributed by atoms with E-state index in [9.17, 15) is 4.79 Å². The van der Waals surface area contributed by atoms with Gasteiger partial charge in [-0.15, -0.1) is 11.3 Å². The Kier molecular flexibility index (Phi) is 5.17. The SMILES string of the molecule is CCCN1c2ccccc2NC2=C(C(=O)C[C@@H](c3ccccc3)C2)[C@H]1c1cccs1. The summed E-state index contributed by atoms with van der Waals surface area (Å²) < 4.78 is 0. The van der Waals surface area contributed by atoms with Crippen molar-refractivity contribution in [3.8, 4) is 0 Å². The summed E-state index contributed by atoms with van der Waals surface area (Å²) in [6.07, 6.45) is 2.46. The molecule has 2 atom stereocenters. The van der Waals surface area contributed by atoms with Gasteiger partial charge in [-0.2, -0.15) is 0 Å². The van der Waals surface area contributed by atoms with E-state index in [-0.39, 0.29) is 17.7 Å².